The standard InChI is InChI=1S/C13H22N2O2S2/c1-10-7-12(18-11(10)8-14)19(16,17)15-6-4-5-13(2,3)9-15/h7H,4-6,8-9,14H2,1-3H3. The number of nitrogens with zero attached hydrogens (tertiary/aromatic N) is 1. The van der Waals surface area contributed by atoms with Crippen molar-refractivity contribution in [2.45, 2.75) is 44.4 Å². The van der Waals surface area contributed by atoms with Crippen molar-refractivity contribution in [2.24, 2.45) is 11.1 Å². The van der Waals surface area contributed by atoms with Gasteiger partial charge < -0.3 is 5.73 Å². The second-order valence-electron chi connectivity index (χ2n) is 5.98. The number of hydrogen-bond donors (Lipinski definition) is 1. The molecule has 4 nitrogen and oxygen atoms in total. The molecule has 0 aromatic carbocycles. The molecule has 2 heterocycles. The fourth-order valence-electron chi connectivity index (χ4n) is 2.52. The highest BCUT2D eigenvalue weighted by Crippen LogP contribution is 2.34. The number of nitrogens with two attached hydrogens (primary N) is 1. The molecule has 0 unspecified atom stereocenters. The van der Waals surface area contributed by atoms with Gasteiger partial charge in [0.1, 0.15) is 4.21 Å². The summed E-state index contributed by atoms with van der Waals surface area (Å²) in [6, 6.07) is 1.75. The molecule has 1 aliphatic heterocycles. The Labute approximate surface area is 119 Å². The lowest BCUT2D eigenvalue weighted by molar-refractivity contribution is 0.187. The van der Waals surface area contributed by atoms with E-state index in [1.54, 1.807) is 10.4 Å². The number of sulfonamides is 1. The van der Waals surface area contributed by atoms with Gasteiger partial charge in [-0.05, 0) is 36.8 Å². The van der Waals surface area contributed by atoms with Gasteiger partial charge >= 0.3 is 0 Å². The molecule has 1 fully saturated rings. The molecule has 0 bridgehead atoms. The lowest BCUT2D eigenvalue weighted by atomic mass is 9.85. The average molecular weight is 302 g/mol. The summed E-state index contributed by atoms with van der Waals surface area (Å²) in [5.74, 6) is 0. The van der Waals surface area contributed by atoms with E-state index < -0.39 is 10.0 Å². The van der Waals surface area contributed by atoms with E-state index in [1.165, 1.54) is 11.3 Å². The van der Waals surface area contributed by atoms with E-state index in [1.807, 2.05) is 6.92 Å². The fourth-order valence-corrected chi connectivity index (χ4v) is 5.81. The second-order valence-corrected chi connectivity index (χ2v) is 9.28. The van der Waals surface area contributed by atoms with Gasteiger partial charge in [0.15, 0.2) is 0 Å². The van der Waals surface area contributed by atoms with Gasteiger partial charge in [-0.2, -0.15) is 4.31 Å². The molecule has 1 aliphatic rings. The molecule has 19 heavy (non-hydrogen) atoms. The van der Waals surface area contributed by atoms with E-state index in [0.717, 1.165) is 23.3 Å². The van der Waals surface area contributed by atoms with Crippen LogP contribution in [0, 0.1) is 12.3 Å². The normalized spacial score (nSPS) is 20.6. The number of thiophene rings is 1. The maximum atomic E-state index is 12.7. The third kappa shape index (κ3) is 3.02. The van der Waals surface area contributed by atoms with Crippen molar-refractivity contribution >= 4 is 21.4 Å². The van der Waals surface area contributed by atoms with Crippen LogP contribution in [0.4, 0.5) is 0 Å². The summed E-state index contributed by atoms with van der Waals surface area (Å²) in [5, 5.41) is 0. The first-order valence-corrected chi connectivity index (χ1v) is 8.81. The van der Waals surface area contributed by atoms with Gasteiger partial charge in [-0.15, -0.1) is 11.3 Å². The third-order valence-electron chi connectivity index (χ3n) is 3.64. The Morgan fingerprint density at radius 2 is 2.16 bits per heavy atom. The van der Waals surface area contributed by atoms with Crippen LogP contribution in [0.1, 0.15) is 37.1 Å². The minimum absolute atomic E-state index is 0.0638. The fraction of sp³-hybridized carbons (Fsp3) is 0.692. The molecule has 1 aromatic heterocycles. The van der Waals surface area contributed by atoms with E-state index in [9.17, 15) is 8.42 Å². The molecule has 6 heteroatoms. The van der Waals surface area contributed by atoms with Crippen molar-refractivity contribution in [2.75, 3.05) is 13.1 Å². The van der Waals surface area contributed by atoms with Gasteiger partial charge in [-0.3, -0.25) is 0 Å². The zero-order valence-electron chi connectivity index (χ0n) is 11.8. The first kappa shape index (κ1) is 15.0. The molecule has 2 N–H and O–H groups in total. The summed E-state index contributed by atoms with van der Waals surface area (Å²) in [5.41, 5.74) is 6.67. The van der Waals surface area contributed by atoms with Gasteiger partial charge in [0.25, 0.3) is 10.0 Å². The van der Waals surface area contributed by atoms with Crippen LogP contribution < -0.4 is 5.73 Å². The molecule has 0 spiro atoms. The van der Waals surface area contributed by atoms with Crippen molar-refractivity contribution in [1.82, 2.24) is 4.31 Å². The monoisotopic (exact) mass is 302 g/mol. The van der Waals surface area contributed by atoms with Gasteiger partial charge in [0, 0.05) is 24.5 Å². The SMILES string of the molecule is Cc1cc(S(=O)(=O)N2CCCC(C)(C)C2)sc1CN. The van der Waals surface area contributed by atoms with E-state index in [2.05, 4.69) is 13.8 Å². The molecule has 0 amide bonds. The third-order valence-corrected chi connectivity index (χ3v) is 7.20. The predicted octanol–water partition coefficient (Wildman–Crippen LogP) is 2.33. The minimum Gasteiger partial charge on any atom is -0.326 e. The van der Waals surface area contributed by atoms with E-state index in [0.29, 0.717) is 23.8 Å². The zero-order chi connectivity index (χ0) is 14.3. The van der Waals surface area contributed by atoms with Crippen LogP contribution in [-0.2, 0) is 16.6 Å². The van der Waals surface area contributed by atoms with E-state index >= 15 is 0 Å². The van der Waals surface area contributed by atoms with E-state index in [4.69, 9.17) is 5.73 Å². The number of rotatable bonds is 3. The van der Waals surface area contributed by atoms with Crippen LogP contribution in [0.2, 0.25) is 0 Å². The smallest absolute Gasteiger partial charge is 0.252 e. The maximum Gasteiger partial charge on any atom is 0.252 e. The Hall–Kier alpha value is -0.430. The summed E-state index contributed by atoms with van der Waals surface area (Å²) in [6.07, 6.45) is 2.01. The van der Waals surface area contributed by atoms with Crippen LogP contribution in [0.15, 0.2) is 10.3 Å². The topological polar surface area (TPSA) is 63.4 Å². The molecule has 1 saturated heterocycles. The Bertz CT molecular complexity index is 561. The average Bonchev–Trinajstić information content (AvgIpc) is 2.70. The van der Waals surface area contributed by atoms with Crippen molar-refractivity contribution in [3.8, 4) is 0 Å². The largest absolute Gasteiger partial charge is 0.326 e. The molecule has 108 valence electrons. The summed E-state index contributed by atoms with van der Waals surface area (Å²) < 4.78 is 27.4. The summed E-state index contributed by atoms with van der Waals surface area (Å²) in [7, 11) is -3.35. The zero-order valence-corrected chi connectivity index (χ0v) is 13.4. The van der Waals surface area contributed by atoms with Gasteiger partial charge in [0.05, 0.1) is 0 Å². The number of hydrogen-bond acceptors (Lipinski definition) is 4. The molecule has 0 atom stereocenters. The van der Waals surface area contributed by atoms with Gasteiger partial charge in [-0.1, -0.05) is 13.8 Å². The molecular weight excluding hydrogens is 280 g/mol. The first-order valence-electron chi connectivity index (χ1n) is 6.56. The van der Waals surface area contributed by atoms with E-state index in [-0.39, 0.29) is 5.41 Å². The molecule has 0 radical (unpaired) electrons. The predicted molar refractivity (Wildman–Crippen MR) is 78.7 cm³/mol. The quantitative estimate of drug-likeness (QED) is 0.932. The van der Waals surface area contributed by atoms with Crippen LogP contribution >= 0.6 is 11.3 Å². The molecule has 2 rings (SSSR count). The minimum atomic E-state index is -3.35. The van der Waals surface area contributed by atoms with Crippen LogP contribution in [0.25, 0.3) is 0 Å². The highest BCUT2D eigenvalue weighted by molar-refractivity contribution is 7.91. The molecule has 0 saturated carbocycles. The van der Waals surface area contributed by atoms with Crippen LogP contribution in [0.3, 0.4) is 0 Å². The second kappa shape index (κ2) is 5.16. The van der Waals surface area contributed by atoms with Gasteiger partial charge in [-0.25, -0.2) is 8.42 Å². The highest BCUT2D eigenvalue weighted by atomic mass is 32.2. The van der Waals surface area contributed by atoms with Crippen molar-refractivity contribution in [3.05, 3.63) is 16.5 Å². The van der Waals surface area contributed by atoms with Crippen molar-refractivity contribution in [1.29, 1.82) is 0 Å². The number of aryl methyl sites for hydroxylation is 1. The Balaban J connectivity index is 2.31. The Morgan fingerprint density at radius 3 is 2.68 bits per heavy atom. The summed E-state index contributed by atoms with van der Waals surface area (Å²) in [6.45, 7) is 7.79. The summed E-state index contributed by atoms with van der Waals surface area (Å²) >= 11 is 1.31. The number of piperidine rings is 1. The summed E-state index contributed by atoms with van der Waals surface area (Å²) in [4.78, 5) is 0.954. The Morgan fingerprint density at radius 1 is 1.47 bits per heavy atom. The van der Waals surface area contributed by atoms with Crippen molar-refractivity contribution < 1.29 is 8.42 Å². The lowest BCUT2D eigenvalue weighted by Gasteiger charge is -2.36. The molecule has 1 aromatic rings. The molecule has 0 aliphatic carbocycles. The molecular formula is C13H22N2O2S2. The van der Waals surface area contributed by atoms with Crippen LogP contribution in [-0.4, -0.2) is 25.8 Å². The van der Waals surface area contributed by atoms with Crippen molar-refractivity contribution in [3.63, 3.8) is 0 Å². The maximum absolute atomic E-state index is 12.7. The first-order chi connectivity index (χ1) is 8.76. The highest BCUT2D eigenvalue weighted by Gasteiger charge is 2.35. The van der Waals surface area contributed by atoms with Crippen LogP contribution in [0.5, 0.6) is 0 Å². The lowest BCUT2D eigenvalue weighted by Crippen LogP contribution is -2.43. The van der Waals surface area contributed by atoms with Gasteiger partial charge in [0.2, 0.25) is 0 Å². The Kier molecular flexibility index (Phi) is 4.07.